The van der Waals surface area contributed by atoms with E-state index in [9.17, 15) is 4.39 Å². The van der Waals surface area contributed by atoms with Crippen molar-refractivity contribution in [1.29, 1.82) is 0 Å². The monoisotopic (exact) mass is 242 g/mol. The lowest BCUT2D eigenvalue weighted by molar-refractivity contribution is 0.267. The first-order valence-electron chi connectivity index (χ1n) is 5.58. The number of benzene rings is 1. The van der Waals surface area contributed by atoms with Gasteiger partial charge in [0.15, 0.2) is 11.6 Å². The van der Waals surface area contributed by atoms with E-state index in [1.165, 1.54) is 6.07 Å². The molecule has 0 saturated carbocycles. The molecule has 0 aliphatic rings. The maximum absolute atomic E-state index is 13.6. The lowest BCUT2D eigenvalue weighted by Crippen LogP contribution is -2.37. The van der Waals surface area contributed by atoms with Crippen LogP contribution in [0.15, 0.2) is 18.2 Å². The summed E-state index contributed by atoms with van der Waals surface area (Å²) in [6.07, 6.45) is 0. The summed E-state index contributed by atoms with van der Waals surface area (Å²) < 4.78 is 18.7. The van der Waals surface area contributed by atoms with Gasteiger partial charge in [-0.1, -0.05) is 0 Å². The Kier molecular flexibility index (Phi) is 5.18. The van der Waals surface area contributed by atoms with Gasteiger partial charge in [-0.25, -0.2) is 4.39 Å². The van der Waals surface area contributed by atoms with Gasteiger partial charge in [-0.15, -0.1) is 0 Å². The first-order chi connectivity index (χ1) is 8.08. The number of likely N-dealkylation sites (N-methyl/N-ethyl adjacent to an activating group) is 1. The molecule has 1 unspecified atom stereocenters. The molecule has 0 aliphatic carbocycles. The summed E-state index contributed by atoms with van der Waals surface area (Å²) >= 11 is 0. The molecular formula is C12H19FN2O2. The van der Waals surface area contributed by atoms with E-state index in [-0.39, 0.29) is 18.4 Å². The Balaban J connectivity index is 2.75. The van der Waals surface area contributed by atoms with Crippen molar-refractivity contribution in [2.45, 2.75) is 13.0 Å². The third-order valence-corrected chi connectivity index (χ3v) is 2.40. The van der Waals surface area contributed by atoms with Crippen molar-refractivity contribution < 1.29 is 14.2 Å². The fraction of sp³-hybridized carbons (Fsp3) is 0.500. The Morgan fingerprint density at radius 2 is 2.24 bits per heavy atom. The van der Waals surface area contributed by atoms with Gasteiger partial charge < -0.3 is 20.5 Å². The predicted octanol–water partition coefficient (Wildman–Crippen LogP) is 0.980. The molecule has 96 valence electrons. The Morgan fingerprint density at radius 1 is 1.53 bits per heavy atom. The fourth-order valence-corrected chi connectivity index (χ4v) is 1.51. The topological polar surface area (TPSA) is 58.7 Å². The van der Waals surface area contributed by atoms with Gasteiger partial charge in [-0.05, 0) is 19.1 Å². The second kappa shape index (κ2) is 6.42. The Bertz CT molecular complexity index is 360. The number of nitrogens with two attached hydrogens (primary N) is 1. The van der Waals surface area contributed by atoms with Gasteiger partial charge in [-0.2, -0.15) is 0 Å². The lowest BCUT2D eigenvalue weighted by Gasteiger charge is -2.22. The van der Waals surface area contributed by atoms with Gasteiger partial charge in [0, 0.05) is 31.4 Å². The molecule has 5 heteroatoms. The van der Waals surface area contributed by atoms with Crippen LogP contribution in [0.1, 0.15) is 6.92 Å². The number of rotatable bonds is 6. The summed E-state index contributed by atoms with van der Waals surface area (Å²) in [5, 5.41) is 8.85. The third kappa shape index (κ3) is 3.87. The molecule has 0 bridgehead atoms. The van der Waals surface area contributed by atoms with Crippen molar-refractivity contribution in [2.75, 3.05) is 31.7 Å². The minimum atomic E-state index is -0.395. The summed E-state index contributed by atoms with van der Waals surface area (Å²) in [7, 11) is 1.80. The van der Waals surface area contributed by atoms with E-state index in [2.05, 4.69) is 0 Å². The number of anilines is 1. The molecule has 1 aromatic carbocycles. The highest BCUT2D eigenvalue weighted by molar-refractivity contribution is 5.49. The van der Waals surface area contributed by atoms with Crippen molar-refractivity contribution in [3.05, 3.63) is 24.0 Å². The quantitative estimate of drug-likeness (QED) is 0.780. The minimum Gasteiger partial charge on any atom is -0.491 e. The largest absolute Gasteiger partial charge is 0.491 e. The van der Waals surface area contributed by atoms with Crippen LogP contribution in [0.5, 0.6) is 5.75 Å². The van der Waals surface area contributed by atoms with Crippen LogP contribution in [0.4, 0.5) is 10.1 Å². The average Bonchev–Trinajstić information content (AvgIpc) is 2.31. The SMILES string of the molecule is CCOc1ccc(N(C)CC(N)CO)cc1F. The zero-order valence-electron chi connectivity index (χ0n) is 10.2. The Hall–Kier alpha value is -1.33. The molecule has 1 aromatic rings. The summed E-state index contributed by atoms with van der Waals surface area (Å²) in [6, 6.07) is 4.41. The van der Waals surface area contributed by atoms with Crippen molar-refractivity contribution >= 4 is 5.69 Å². The van der Waals surface area contributed by atoms with E-state index in [0.29, 0.717) is 18.8 Å². The van der Waals surface area contributed by atoms with E-state index in [4.69, 9.17) is 15.6 Å². The minimum absolute atomic E-state index is 0.0934. The summed E-state index contributed by atoms with van der Waals surface area (Å²) in [6.45, 7) is 2.61. The molecule has 0 spiro atoms. The van der Waals surface area contributed by atoms with Crippen molar-refractivity contribution in [3.63, 3.8) is 0 Å². The van der Waals surface area contributed by atoms with E-state index in [1.54, 1.807) is 31.0 Å². The smallest absolute Gasteiger partial charge is 0.167 e. The molecule has 0 heterocycles. The van der Waals surface area contributed by atoms with Crippen LogP contribution < -0.4 is 15.4 Å². The van der Waals surface area contributed by atoms with E-state index >= 15 is 0 Å². The van der Waals surface area contributed by atoms with Gasteiger partial charge in [0.05, 0.1) is 13.2 Å². The van der Waals surface area contributed by atoms with Gasteiger partial charge in [0.25, 0.3) is 0 Å². The van der Waals surface area contributed by atoms with Crippen molar-refractivity contribution in [1.82, 2.24) is 0 Å². The number of nitrogens with zero attached hydrogens (tertiary/aromatic N) is 1. The molecule has 0 aliphatic heterocycles. The molecule has 1 atom stereocenters. The molecule has 0 saturated heterocycles. The zero-order chi connectivity index (χ0) is 12.8. The predicted molar refractivity (Wildman–Crippen MR) is 65.9 cm³/mol. The van der Waals surface area contributed by atoms with Crippen LogP contribution in [0, 0.1) is 5.82 Å². The van der Waals surface area contributed by atoms with Crippen LogP contribution in [-0.2, 0) is 0 Å². The normalized spacial score (nSPS) is 12.3. The second-order valence-corrected chi connectivity index (χ2v) is 3.87. The van der Waals surface area contributed by atoms with Crippen molar-refractivity contribution in [2.24, 2.45) is 5.73 Å². The highest BCUT2D eigenvalue weighted by Gasteiger charge is 2.10. The number of halogens is 1. The standard InChI is InChI=1S/C12H19FN2O2/c1-3-17-12-5-4-10(6-11(12)13)15(2)7-9(14)8-16/h4-6,9,16H,3,7-8,14H2,1-2H3. The van der Waals surface area contributed by atoms with Crippen LogP contribution in [0.3, 0.4) is 0 Å². The van der Waals surface area contributed by atoms with Gasteiger partial charge in [-0.3, -0.25) is 0 Å². The molecule has 0 radical (unpaired) electrons. The van der Waals surface area contributed by atoms with Gasteiger partial charge in [0.1, 0.15) is 0 Å². The fourth-order valence-electron chi connectivity index (χ4n) is 1.51. The molecule has 0 fully saturated rings. The Labute approximate surface area is 101 Å². The number of aliphatic hydroxyl groups excluding tert-OH is 1. The average molecular weight is 242 g/mol. The summed E-state index contributed by atoms with van der Waals surface area (Å²) in [4.78, 5) is 1.79. The molecule has 1 rings (SSSR count). The zero-order valence-corrected chi connectivity index (χ0v) is 10.2. The molecule has 4 nitrogen and oxygen atoms in total. The number of hydrogen-bond donors (Lipinski definition) is 2. The highest BCUT2D eigenvalue weighted by Crippen LogP contribution is 2.23. The first kappa shape index (κ1) is 13.7. The van der Waals surface area contributed by atoms with Crippen molar-refractivity contribution in [3.8, 4) is 5.75 Å². The van der Waals surface area contributed by atoms with Gasteiger partial charge >= 0.3 is 0 Å². The molecule has 0 amide bonds. The molecule has 3 N–H and O–H groups in total. The lowest BCUT2D eigenvalue weighted by atomic mass is 10.2. The highest BCUT2D eigenvalue weighted by atomic mass is 19.1. The van der Waals surface area contributed by atoms with Crippen LogP contribution in [-0.4, -0.2) is 38.0 Å². The number of hydrogen-bond acceptors (Lipinski definition) is 4. The summed E-state index contributed by atoms with van der Waals surface area (Å²) in [5.41, 5.74) is 6.32. The molecule has 0 aromatic heterocycles. The number of ether oxygens (including phenoxy) is 1. The molecular weight excluding hydrogens is 223 g/mol. The maximum Gasteiger partial charge on any atom is 0.167 e. The van der Waals surface area contributed by atoms with Gasteiger partial charge in [0.2, 0.25) is 0 Å². The second-order valence-electron chi connectivity index (χ2n) is 3.87. The van der Waals surface area contributed by atoms with Crippen LogP contribution >= 0.6 is 0 Å². The van der Waals surface area contributed by atoms with E-state index < -0.39 is 5.82 Å². The van der Waals surface area contributed by atoms with E-state index in [0.717, 1.165) is 0 Å². The molecule has 17 heavy (non-hydrogen) atoms. The summed E-state index contributed by atoms with van der Waals surface area (Å²) in [5.74, 6) is -0.148. The Morgan fingerprint density at radius 3 is 2.76 bits per heavy atom. The van der Waals surface area contributed by atoms with Crippen LogP contribution in [0.2, 0.25) is 0 Å². The first-order valence-corrected chi connectivity index (χ1v) is 5.58. The van der Waals surface area contributed by atoms with Crippen LogP contribution in [0.25, 0.3) is 0 Å². The maximum atomic E-state index is 13.6. The van der Waals surface area contributed by atoms with E-state index in [1.807, 2.05) is 0 Å². The number of aliphatic hydroxyl groups is 1. The third-order valence-electron chi connectivity index (χ3n) is 2.40.